The van der Waals surface area contributed by atoms with Crippen LogP contribution in [0.3, 0.4) is 0 Å². The molecule has 0 aliphatic carbocycles. The van der Waals surface area contributed by atoms with E-state index in [0.29, 0.717) is 0 Å². The van der Waals surface area contributed by atoms with E-state index in [4.69, 9.17) is 0 Å². The summed E-state index contributed by atoms with van der Waals surface area (Å²) in [5, 5.41) is 0. The van der Waals surface area contributed by atoms with Gasteiger partial charge in [0.2, 0.25) is 0 Å². The van der Waals surface area contributed by atoms with E-state index in [-0.39, 0.29) is 0 Å². The highest BCUT2D eigenvalue weighted by molar-refractivity contribution is 5.89. The molecule has 0 aliphatic rings. The van der Waals surface area contributed by atoms with E-state index in [1.165, 1.54) is 0 Å². The number of halogens is 22. The van der Waals surface area contributed by atoms with Gasteiger partial charge in [0.05, 0.1) is 13.0 Å². The van der Waals surface area contributed by atoms with E-state index in [1.807, 2.05) is 6.58 Å². The lowest BCUT2D eigenvalue weighted by Gasteiger charge is -2.45. The van der Waals surface area contributed by atoms with Crippen LogP contribution in [-0.2, 0) is 9.53 Å². The quantitative estimate of drug-likeness (QED) is 0.140. The van der Waals surface area contributed by atoms with E-state index in [2.05, 4.69) is 4.74 Å². The largest absolute Gasteiger partial charge is 0.462 e. The Kier molecular flexibility index (Phi) is 9.07. The molecule has 0 rings (SSSR count). The molecular formula is C15H6F22O2. The zero-order chi connectivity index (χ0) is 32.3. The van der Waals surface area contributed by atoms with Gasteiger partial charge >= 0.3 is 65.7 Å². The van der Waals surface area contributed by atoms with Crippen LogP contribution in [0.15, 0.2) is 12.2 Å². The van der Waals surface area contributed by atoms with Crippen LogP contribution >= 0.6 is 0 Å². The van der Waals surface area contributed by atoms with Gasteiger partial charge < -0.3 is 4.74 Å². The zero-order valence-corrected chi connectivity index (χ0v) is 17.3. The van der Waals surface area contributed by atoms with Crippen LogP contribution in [0.2, 0.25) is 0 Å². The highest BCUT2D eigenvalue weighted by Gasteiger charge is 2.98. The van der Waals surface area contributed by atoms with E-state index in [1.54, 1.807) is 0 Å². The molecule has 0 bridgehead atoms. The second-order valence-electron chi connectivity index (χ2n) is 7.09. The Morgan fingerprint density at radius 1 is 0.513 bits per heavy atom. The van der Waals surface area contributed by atoms with Gasteiger partial charge in [0, 0.05) is 0 Å². The lowest BCUT2D eigenvalue weighted by atomic mass is 9.83. The normalized spacial score (nSPS) is 15.8. The lowest BCUT2D eigenvalue weighted by molar-refractivity contribution is -0.472. The van der Waals surface area contributed by atoms with Crippen molar-refractivity contribution in [3.05, 3.63) is 12.2 Å². The van der Waals surface area contributed by atoms with E-state index in [9.17, 15) is 101 Å². The molecule has 0 unspecified atom stereocenters. The number of alkyl halides is 22. The molecular weight excluding hydrogens is 630 g/mol. The highest BCUT2D eigenvalue weighted by atomic mass is 19.4. The molecule has 0 saturated heterocycles. The summed E-state index contributed by atoms with van der Waals surface area (Å²) in [6, 6.07) is 0. The zero-order valence-electron chi connectivity index (χ0n) is 17.3. The van der Waals surface area contributed by atoms with Crippen molar-refractivity contribution in [1.82, 2.24) is 0 Å². The third kappa shape index (κ3) is 5.38. The molecule has 0 saturated carbocycles. The minimum atomic E-state index is -9.19. The van der Waals surface area contributed by atoms with Gasteiger partial charge in [-0.3, -0.25) is 0 Å². The molecule has 0 atom stereocenters. The standard InChI is InChI=1S/C15H6F22O2/c1-4(7(18,19)20)5(38)39-3-2-6(16,17)9(22,23)11(26,27)13(30,31)12(28,29)10(24,25)8(21,14(32,33)34)15(35,36)37/h1-3H2. The van der Waals surface area contributed by atoms with Gasteiger partial charge in [-0.15, -0.1) is 0 Å². The molecule has 0 fully saturated rings. The fourth-order valence-corrected chi connectivity index (χ4v) is 2.19. The first-order chi connectivity index (χ1) is 16.5. The molecule has 0 aromatic heterocycles. The van der Waals surface area contributed by atoms with Crippen LogP contribution in [0.25, 0.3) is 0 Å². The fraction of sp³-hybridized carbons (Fsp3) is 0.800. The Balaban J connectivity index is 6.59. The van der Waals surface area contributed by atoms with Crippen LogP contribution in [0, 0.1) is 0 Å². The first-order valence-corrected chi connectivity index (χ1v) is 8.56. The summed E-state index contributed by atoms with van der Waals surface area (Å²) in [7, 11) is 0. The Bertz CT molecular complexity index is 905. The van der Waals surface area contributed by atoms with Crippen molar-refractivity contribution >= 4 is 5.97 Å². The van der Waals surface area contributed by atoms with Crippen LogP contribution in [-0.4, -0.2) is 72.3 Å². The van der Waals surface area contributed by atoms with Gasteiger partial charge in [-0.25, -0.2) is 9.18 Å². The minimum Gasteiger partial charge on any atom is -0.462 e. The molecule has 2 nitrogen and oxygen atoms in total. The maximum atomic E-state index is 13.6. The number of esters is 1. The summed E-state index contributed by atoms with van der Waals surface area (Å²) in [5.74, 6) is -54.2. The number of hydrogen-bond acceptors (Lipinski definition) is 2. The van der Waals surface area contributed by atoms with Crippen molar-refractivity contribution in [1.29, 1.82) is 0 Å². The average molecular weight is 636 g/mol. The summed E-state index contributed by atoms with van der Waals surface area (Å²) in [5.41, 5.74) is -11.4. The fourth-order valence-electron chi connectivity index (χ4n) is 2.19. The Morgan fingerprint density at radius 2 is 0.821 bits per heavy atom. The van der Waals surface area contributed by atoms with Gasteiger partial charge in [-0.05, 0) is 0 Å². The molecule has 0 spiro atoms. The molecule has 0 N–H and O–H groups in total. The van der Waals surface area contributed by atoms with Crippen molar-refractivity contribution in [2.45, 2.75) is 66.2 Å². The maximum Gasteiger partial charge on any atom is 0.438 e. The van der Waals surface area contributed by atoms with E-state index >= 15 is 0 Å². The first kappa shape index (κ1) is 36.7. The van der Waals surface area contributed by atoms with Crippen molar-refractivity contribution in [2.75, 3.05) is 6.61 Å². The summed E-state index contributed by atoms with van der Waals surface area (Å²) in [6.07, 6.45) is -25.8. The number of rotatable bonds is 10. The number of carbonyl (C=O) groups excluding carboxylic acids is 1. The summed E-state index contributed by atoms with van der Waals surface area (Å²) >= 11 is 0. The van der Waals surface area contributed by atoms with E-state index in [0.717, 1.165) is 0 Å². The molecule has 0 aromatic rings. The van der Waals surface area contributed by atoms with Crippen LogP contribution in [0.5, 0.6) is 0 Å². The SMILES string of the molecule is C=C(C(=O)OCCC(F)(F)C(F)(F)C(F)(F)C(F)(F)C(F)(F)C(F)(F)C(F)(C(F)(F)F)C(F)(F)F)C(F)(F)F. The molecule has 0 aromatic carbocycles. The van der Waals surface area contributed by atoms with Gasteiger partial charge in [0.15, 0.2) is 0 Å². The predicted molar refractivity (Wildman–Crippen MR) is 76.4 cm³/mol. The smallest absolute Gasteiger partial charge is 0.438 e. The Labute approximate surface area is 198 Å². The molecule has 24 heteroatoms. The monoisotopic (exact) mass is 636 g/mol. The summed E-state index contributed by atoms with van der Waals surface area (Å²) in [4.78, 5) is 10.8. The van der Waals surface area contributed by atoms with E-state index < -0.39 is 84.3 Å². The van der Waals surface area contributed by atoms with Gasteiger partial charge in [0.1, 0.15) is 5.57 Å². The average Bonchev–Trinajstić information content (AvgIpc) is 2.68. The third-order valence-electron chi connectivity index (χ3n) is 4.49. The lowest BCUT2D eigenvalue weighted by Crippen LogP contribution is -2.77. The number of hydrogen-bond donors (Lipinski definition) is 0. The molecule has 0 amide bonds. The van der Waals surface area contributed by atoms with Crippen molar-refractivity contribution in [3.8, 4) is 0 Å². The van der Waals surface area contributed by atoms with Crippen molar-refractivity contribution in [3.63, 3.8) is 0 Å². The topological polar surface area (TPSA) is 26.3 Å². The highest BCUT2D eigenvalue weighted by Crippen LogP contribution is 2.66. The molecule has 0 aliphatic heterocycles. The van der Waals surface area contributed by atoms with Gasteiger partial charge in [-0.2, -0.15) is 92.2 Å². The third-order valence-corrected chi connectivity index (χ3v) is 4.49. The van der Waals surface area contributed by atoms with Gasteiger partial charge in [-0.1, -0.05) is 6.58 Å². The second-order valence-corrected chi connectivity index (χ2v) is 7.09. The van der Waals surface area contributed by atoms with Crippen LogP contribution < -0.4 is 0 Å². The minimum absolute atomic E-state index is 1.97. The molecule has 0 heterocycles. The van der Waals surface area contributed by atoms with Crippen molar-refractivity contribution < 1.29 is 106 Å². The number of ether oxygens (including phenoxy) is 1. The predicted octanol–water partition coefficient (Wildman–Crippen LogP) is 7.68. The Morgan fingerprint density at radius 3 is 1.13 bits per heavy atom. The molecule has 232 valence electrons. The second kappa shape index (κ2) is 9.65. The van der Waals surface area contributed by atoms with Crippen LogP contribution in [0.1, 0.15) is 6.42 Å². The first-order valence-electron chi connectivity index (χ1n) is 8.56. The number of carbonyl (C=O) groups is 1. The summed E-state index contributed by atoms with van der Waals surface area (Å²) < 4.78 is 290. The molecule has 39 heavy (non-hydrogen) atoms. The molecule has 0 radical (unpaired) electrons. The summed E-state index contributed by atoms with van der Waals surface area (Å²) in [6.45, 7) is -0.631. The van der Waals surface area contributed by atoms with Crippen LogP contribution in [0.4, 0.5) is 96.6 Å². The van der Waals surface area contributed by atoms with Gasteiger partial charge in [0.25, 0.3) is 0 Å². The Hall–Kier alpha value is -2.33. The van der Waals surface area contributed by atoms with Crippen molar-refractivity contribution in [2.24, 2.45) is 0 Å². The maximum absolute atomic E-state index is 13.6.